The SMILES string of the molecule is CC(=O)Nc1ccc(CNC(C)Cn2ccnc2)cc1. The second-order valence-corrected chi connectivity index (χ2v) is 4.92. The lowest BCUT2D eigenvalue weighted by molar-refractivity contribution is -0.114. The van der Waals surface area contributed by atoms with Crippen LogP contribution in [0.5, 0.6) is 0 Å². The van der Waals surface area contributed by atoms with Crippen molar-refractivity contribution in [3.63, 3.8) is 0 Å². The van der Waals surface area contributed by atoms with Gasteiger partial charge in [0.05, 0.1) is 6.33 Å². The van der Waals surface area contributed by atoms with E-state index in [9.17, 15) is 4.79 Å². The van der Waals surface area contributed by atoms with Gasteiger partial charge in [0.2, 0.25) is 5.91 Å². The van der Waals surface area contributed by atoms with E-state index in [1.54, 1.807) is 6.20 Å². The highest BCUT2D eigenvalue weighted by molar-refractivity contribution is 5.88. The van der Waals surface area contributed by atoms with Crippen molar-refractivity contribution in [2.24, 2.45) is 0 Å². The Bertz CT molecular complexity index is 534. The van der Waals surface area contributed by atoms with Gasteiger partial charge in [0.1, 0.15) is 0 Å². The molecule has 2 aromatic rings. The van der Waals surface area contributed by atoms with E-state index in [2.05, 4.69) is 27.1 Å². The highest BCUT2D eigenvalue weighted by Crippen LogP contribution is 2.09. The van der Waals surface area contributed by atoms with Crippen LogP contribution in [0.4, 0.5) is 5.69 Å². The van der Waals surface area contributed by atoms with Crippen LogP contribution in [-0.4, -0.2) is 21.5 Å². The molecule has 2 N–H and O–H groups in total. The lowest BCUT2D eigenvalue weighted by Crippen LogP contribution is -2.29. The summed E-state index contributed by atoms with van der Waals surface area (Å²) < 4.78 is 2.05. The van der Waals surface area contributed by atoms with Crippen LogP contribution in [0, 0.1) is 0 Å². The van der Waals surface area contributed by atoms with Crippen molar-refractivity contribution in [3.8, 4) is 0 Å². The highest BCUT2D eigenvalue weighted by Gasteiger charge is 2.02. The number of hydrogen-bond acceptors (Lipinski definition) is 3. The molecule has 0 aliphatic heterocycles. The smallest absolute Gasteiger partial charge is 0.221 e. The Morgan fingerprint density at radius 3 is 2.70 bits per heavy atom. The molecule has 0 fully saturated rings. The van der Waals surface area contributed by atoms with E-state index >= 15 is 0 Å². The van der Waals surface area contributed by atoms with Crippen LogP contribution in [0.1, 0.15) is 19.4 Å². The predicted octanol–water partition coefficient (Wildman–Crippen LogP) is 2.02. The molecule has 1 aromatic carbocycles. The lowest BCUT2D eigenvalue weighted by atomic mass is 10.2. The van der Waals surface area contributed by atoms with Crippen molar-refractivity contribution in [1.82, 2.24) is 14.9 Å². The van der Waals surface area contributed by atoms with Gasteiger partial charge in [-0.05, 0) is 24.6 Å². The van der Waals surface area contributed by atoms with Crippen LogP contribution in [0.15, 0.2) is 43.0 Å². The van der Waals surface area contributed by atoms with E-state index in [4.69, 9.17) is 0 Å². The van der Waals surface area contributed by atoms with E-state index in [-0.39, 0.29) is 5.91 Å². The fourth-order valence-electron chi connectivity index (χ4n) is 1.98. The minimum Gasteiger partial charge on any atom is -0.336 e. The van der Waals surface area contributed by atoms with Gasteiger partial charge in [-0.3, -0.25) is 4.79 Å². The quantitative estimate of drug-likeness (QED) is 0.846. The van der Waals surface area contributed by atoms with Crippen molar-refractivity contribution < 1.29 is 4.79 Å². The molecule has 1 atom stereocenters. The van der Waals surface area contributed by atoms with Gasteiger partial charge in [-0.2, -0.15) is 0 Å². The molecule has 0 spiro atoms. The molecule has 0 aliphatic rings. The zero-order chi connectivity index (χ0) is 14.4. The lowest BCUT2D eigenvalue weighted by Gasteiger charge is -2.14. The largest absolute Gasteiger partial charge is 0.336 e. The first kappa shape index (κ1) is 14.3. The third-order valence-electron chi connectivity index (χ3n) is 2.97. The van der Waals surface area contributed by atoms with E-state index in [1.807, 2.05) is 36.8 Å². The van der Waals surface area contributed by atoms with Crippen LogP contribution >= 0.6 is 0 Å². The molecule has 0 radical (unpaired) electrons. The third kappa shape index (κ3) is 4.51. The van der Waals surface area contributed by atoms with Crippen molar-refractivity contribution in [3.05, 3.63) is 48.5 Å². The topological polar surface area (TPSA) is 59.0 Å². The Labute approximate surface area is 119 Å². The highest BCUT2D eigenvalue weighted by atomic mass is 16.1. The number of carbonyl (C=O) groups is 1. The Morgan fingerprint density at radius 2 is 2.10 bits per heavy atom. The van der Waals surface area contributed by atoms with Gasteiger partial charge in [-0.25, -0.2) is 4.98 Å². The van der Waals surface area contributed by atoms with E-state index in [0.29, 0.717) is 6.04 Å². The first-order chi connectivity index (χ1) is 9.63. The summed E-state index contributed by atoms with van der Waals surface area (Å²) in [6.07, 6.45) is 5.56. The number of benzene rings is 1. The number of carbonyl (C=O) groups excluding carboxylic acids is 1. The van der Waals surface area contributed by atoms with Gasteiger partial charge in [0.25, 0.3) is 0 Å². The van der Waals surface area contributed by atoms with Gasteiger partial charge in [-0.15, -0.1) is 0 Å². The molecule has 0 bridgehead atoms. The first-order valence-electron chi connectivity index (χ1n) is 6.69. The molecule has 0 aliphatic carbocycles. The molecule has 5 nitrogen and oxygen atoms in total. The summed E-state index contributed by atoms with van der Waals surface area (Å²) in [7, 11) is 0. The monoisotopic (exact) mass is 272 g/mol. The van der Waals surface area contributed by atoms with Gasteiger partial charge in [0.15, 0.2) is 0 Å². The number of nitrogens with one attached hydrogen (secondary N) is 2. The normalized spacial score (nSPS) is 12.1. The number of imidazole rings is 1. The number of nitrogens with zero attached hydrogens (tertiary/aromatic N) is 2. The standard InChI is InChI=1S/C15H20N4O/c1-12(10-19-8-7-16-11-19)17-9-14-3-5-15(6-4-14)18-13(2)20/h3-8,11-12,17H,9-10H2,1-2H3,(H,18,20). The van der Waals surface area contributed by atoms with Crippen LogP contribution in [-0.2, 0) is 17.9 Å². The first-order valence-corrected chi connectivity index (χ1v) is 6.69. The second kappa shape index (κ2) is 6.86. The summed E-state index contributed by atoms with van der Waals surface area (Å²) in [5.41, 5.74) is 2.02. The second-order valence-electron chi connectivity index (χ2n) is 4.92. The number of aromatic nitrogens is 2. The Hall–Kier alpha value is -2.14. The fourth-order valence-corrected chi connectivity index (χ4v) is 1.98. The van der Waals surface area contributed by atoms with E-state index in [1.165, 1.54) is 12.5 Å². The molecule has 20 heavy (non-hydrogen) atoms. The average molecular weight is 272 g/mol. The van der Waals surface area contributed by atoms with Crippen LogP contribution in [0.2, 0.25) is 0 Å². The van der Waals surface area contributed by atoms with Crippen molar-refractivity contribution in [2.45, 2.75) is 33.0 Å². The van der Waals surface area contributed by atoms with Gasteiger partial charge in [-0.1, -0.05) is 12.1 Å². The maximum Gasteiger partial charge on any atom is 0.221 e. The maximum atomic E-state index is 10.9. The minimum absolute atomic E-state index is 0.0511. The Morgan fingerprint density at radius 1 is 1.35 bits per heavy atom. The molecule has 1 aromatic heterocycles. The van der Waals surface area contributed by atoms with Gasteiger partial charge >= 0.3 is 0 Å². The summed E-state index contributed by atoms with van der Waals surface area (Å²) in [6, 6.07) is 8.22. The summed E-state index contributed by atoms with van der Waals surface area (Å²) in [4.78, 5) is 15.0. The zero-order valence-electron chi connectivity index (χ0n) is 11.8. The van der Waals surface area contributed by atoms with E-state index < -0.39 is 0 Å². The summed E-state index contributed by atoms with van der Waals surface area (Å²) in [5, 5.41) is 6.22. The molecule has 1 unspecified atom stereocenters. The molecule has 106 valence electrons. The number of rotatable bonds is 6. The summed E-state index contributed by atoms with van der Waals surface area (Å²) in [5.74, 6) is -0.0511. The molecular formula is C15H20N4O. The predicted molar refractivity (Wildman–Crippen MR) is 79.3 cm³/mol. The van der Waals surface area contributed by atoms with E-state index in [0.717, 1.165) is 18.8 Å². The molecule has 0 saturated carbocycles. The maximum absolute atomic E-state index is 10.9. The van der Waals surface area contributed by atoms with Crippen LogP contribution < -0.4 is 10.6 Å². The van der Waals surface area contributed by atoms with Crippen molar-refractivity contribution >= 4 is 11.6 Å². The number of hydrogen-bond donors (Lipinski definition) is 2. The molecule has 1 amide bonds. The fraction of sp³-hybridized carbons (Fsp3) is 0.333. The molecule has 1 heterocycles. The van der Waals surface area contributed by atoms with Gasteiger partial charge in [0, 0.05) is 44.1 Å². The minimum atomic E-state index is -0.0511. The number of amides is 1. The molecule has 2 rings (SSSR count). The molecule has 0 saturated heterocycles. The Balaban J connectivity index is 1.80. The van der Waals surface area contributed by atoms with Crippen LogP contribution in [0.3, 0.4) is 0 Å². The van der Waals surface area contributed by atoms with Crippen molar-refractivity contribution in [1.29, 1.82) is 0 Å². The zero-order valence-corrected chi connectivity index (χ0v) is 11.8. The molecule has 5 heteroatoms. The third-order valence-corrected chi connectivity index (χ3v) is 2.97. The van der Waals surface area contributed by atoms with Crippen LogP contribution in [0.25, 0.3) is 0 Å². The summed E-state index contributed by atoms with van der Waals surface area (Å²) in [6.45, 7) is 5.35. The number of anilines is 1. The van der Waals surface area contributed by atoms with Crippen molar-refractivity contribution in [2.75, 3.05) is 5.32 Å². The summed E-state index contributed by atoms with van der Waals surface area (Å²) >= 11 is 0. The van der Waals surface area contributed by atoms with Gasteiger partial charge < -0.3 is 15.2 Å². The Kier molecular flexibility index (Phi) is 4.90. The molecular weight excluding hydrogens is 252 g/mol. The average Bonchev–Trinajstić information content (AvgIpc) is 2.90.